The van der Waals surface area contributed by atoms with Crippen molar-refractivity contribution >= 4 is 44.8 Å². The van der Waals surface area contributed by atoms with Crippen LogP contribution in [-0.4, -0.2) is 49.8 Å². The maximum Gasteiger partial charge on any atom is 0.252 e. The Morgan fingerprint density at radius 3 is 2.16 bits per heavy atom. The van der Waals surface area contributed by atoms with Gasteiger partial charge in [-0.25, -0.2) is 13.4 Å². The summed E-state index contributed by atoms with van der Waals surface area (Å²) in [5, 5.41) is 12.9. The van der Waals surface area contributed by atoms with E-state index in [0.717, 1.165) is 11.1 Å². The molecule has 0 aliphatic carbocycles. The molecule has 0 aromatic heterocycles. The van der Waals surface area contributed by atoms with E-state index in [9.17, 15) is 13.2 Å². The third-order valence-corrected chi connectivity index (χ3v) is 11.0. The van der Waals surface area contributed by atoms with Crippen LogP contribution < -0.4 is 10.1 Å². The SMILES string of the molecule is O=C(NCc1ccc(Cl)cc1Cl)[C@]1(CCS(=O)(=O)c2ccccc2)N=C(c2ccc(OCCCO)cc2)O[C@@H]1c1ccc(-c2ccccc2)cc1. The number of sulfone groups is 1. The monoisotopic (exact) mass is 742 g/mol. The molecule has 1 amide bonds. The number of hydrogen-bond donors (Lipinski definition) is 2. The molecule has 0 spiro atoms. The van der Waals surface area contributed by atoms with E-state index in [-0.39, 0.29) is 36.1 Å². The van der Waals surface area contributed by atoms with E-state index in [0.29, 0.717) is 45.5 Å². The second-order valence-electron chi connectivity index (χ2n) is 12.1. The van der Waals surface area contributed by atoms with Gasteiger partial charge in [-0.3, -0.25) is 4.79 Å². The lowest BCUT2D eigenvalue weighted by molar-refractivity contribution is -0.129. The summed E-state index contributed by atoms with van der Waals surface area (Å²) < 4.78 is 39.6. The summed E-state index contributed by atoms with van der Waals surface area (Å²) in [4.78, 5) is 19.7. The van der Waals surface area contributed by atoms with Gasteiger partial charge < -0.3 is 19.9 Å². The Morgan fingerprint density at radius 2 is 1.49 bits per heavy atom. The molecular weight excluding hydrogens is 707 g/mol. The minimum absolute atomic E-state index is 0.0187. The minimum atomic E-state index is -3.82. The molecule has 0 saturated carbocycles. The summed E-state index contributed by atoms with van der Waals surface area (Å²) in [7, 11) is -3.82. The van der Waals surface area contributed by atoms with E-state index in [1.165, 1.54) is 12.1 Å². The van der Waals surface area contributed by atoms with Gasteiger partial charge in [0.2, 0.25) is 5.90 Å². The average molecular weight is 744 g/mol. The van der Waals surface area contributed by atoms with Crippen molar-refractivity contribution in [3.63, 3.8) is 0 Å². The lowest BCUT2D eigenvalue weighted by Crippen LogP contribution is -2.49. The van der Waals surface area contributed by atoms with Crippen LogP contribution in [0.1, 0.15) is 35.6 Å². The number of carbonyl (C=O) groups is 1. The number of nitrogens with zero attached hydrogens (tertiary/aromatic N) is 1. The molecule has 6 rings (SSSR count). The number of hydrogen-bond acceptors (Lipinski definition) is 7. The molecule has 11 heteroatoms. The summed E-state index contributed by atoms with van der Waals surface area (Å²) in [6.07, 6.45) is -0.668. The van der Waals surface area contributed by atoms with Crippen LogP contribution in [0.5, 0.6) is 5.75 Å². The average Bonchev–Trinajstić information content (AvgIpc) is 3.56. The number of aliphatic hydroxyl groups is 1. The fourth-order valence-electron chi connectivity index (χ4n) is 5.88. The third kappa shape index (κ3) is 8.45. The van der Waals surface area contributed by atoms with Crippen molar-refractivity contribution in [2.45, 2.75) is 35.9 Å². The molecule has 0 bridgehead atoms. The number of ether oxygens (including phenoxy) is 2. The van der Waals surface area contributed by atoms with Gasteiger partial charge >= 0.3 is 0 Å². The molecule has 51 heavy (non-hydrogen) atoms. The van der Waals surface area contributed by atoms with Crippen LogP contribution in [0.25, 0.3) is 11.1 Å². The minimum Gasteiger partial charge on any atom is -0.494 e. The summed E-state index contributed by atoms with van der Waals surface area (Å²) in [5.41, 5.74) is 2.15. The second kappa shape index (κ2) is 16.1. The molecule has 0 radical (unpaired) electrons. The maximum atomic E-state index is 14.6. The molecule has 0 unspecified atom stereocenters. The number of benzene rings is 5. The topological polar surface area (TPSA) is 114 Å². The second-order valence-corrected chi connectivity index (χ2v) is 15.0. The van der Waals surface area contributed by atoms with E-state index in [1.54, 1.807) is 60.7 Å². The number of carbonyl (C=O) groups excluding carboxylic acids is 1. The maximum absolute atomic E-state index is 14.6. The van der Waals surface area contributed by atoms with Crippen molar-refractivity contribution in [3.8, 4) is 16.9 Å². The lowest BCUT2D eigenvalue weighted by atomic mass is 9.84. The van der Waals surface area contributed by atoms with Crippen LogP contribution in [0.15, 0.2) is 137 Å². The Morgan fingerprint density at radius 1 is 0.843 bits per heavy atom. The molecule has 0 saturated heterocycles. The van der Waals surface area contributed by atoms with Crippen molar-refractivity contribution in [3.05, 3.63) is 154 Å². The molecule has 262 valence electrons. The molecule has 1 aliphatic rings. The number of amides is 1. The van der Waals surface area contributed by atoms with Crippen molar-refractivity contribution in [2.75, 3.05) is 19.0 Å². The van der Waals surface area contributed by atoms with Gasteiger partial charge in [0.05, 0.1) is 17.3 Å². The highest BCUT2D eigenvalue weighted by atomic mass is 35.5. The van der Waals surface area contributed by atoms with Crippen molar-refractivity contribution in [1.29, 1.82) is 0 Å². The lowest BCUT2D eigenvalue weighted by Gasteiger charge is -2.31. The van der Waals surface area contributed by atoms with Gasteiger partial charge in [0.25, 0.3) is 5.91 Å². The first kappa shape index (κ1) is 36.1. The van der Waals surface area contributed by atoms with E-state index >= 15 is 0 Å². The molecule has 2 atom stereocenters. The molecule has 5 aromatic carbocycles. The number of nitrogens with one attached hydrogen (secondary N) is 1. The summed E-state index contributed by atoms with van der Waals surface area (Å²) in [6.45, 7) is 0.419. The molecule has 0 fully saturated rings. The number of aliphatic imine (C=N–C) groups is 1. The quantitative estimate of drug-likeness (QED) is 0.112. The van der Waals surface area contributed by atoms with Crippen LogP contribution in [0.3, 0.4) is 0 Å². The van der Waals surface area contributed by atoms with Crippen molar-refractivity contribution < 1.29 is 27.8 Å². The zero-order valence-corrected chi connectivity index (χ0v) is 29.9. The van der Waals surface area contributed by atoms with Gasteiger partial charge in [-0.15, -0.1) is 0 Å². The largest absolute Gasteiger partial charge is 0.494 e. The third-order valence-electron chi connectivity index (χ3n) is 8.66. The van der Waals surface area contributed by atoms with Gasteiger partial charge in [-0.2, -0.15) is 0 Å². The zero-order valence-electron chi connectivity index (χ0n) is 27.5. The molecule has 1 heterocycles. The Bertz CT molecular complexity index is 2100. The number of rotatable bonds is 14. The fraction of sp³-hybridized carbons (Fsp3) is 0.200. The normalized spacial score (nSPS) is 17.0. The number of aliphatic hydroxyl groups excluding tert-OH is 1. The summed E-state index contributed by atoms with van der Waals surface area (Å²) >= 11 is 12.6. The van der Waals surface area contributed by atoms with Crippen LogP contribution in [0, 0.1) is 0 Å². The van der Waals surface area contributed by atoms with Gasteiger partial charge in [-0.05, 0) is 70.8 Å². The molecule has 8 nitrogen and oxygen atoms in total. The first-order chi connectivity index (χ1) is 24.7. The van der Waals surface area contributed by atoms with Crippen LogP contribution in [0.4, 0.5) is 0 Å². The molecule has 1 aliphatic heterocycles. The highest BCUT2D eigenvalue weighted by molar-refractivity contribution is 7.91. The predicted octanol–water partition coefficient (Wildman–Crippen LogP) is 7.86. The van der Waals surface area contributed by atoms with E-state index in [1.807, 2.05) is 54.6 Å². The highest BCUT2D eigenvalue weighted by Crippen LogP contribution is 2.44. The van der Waals surface area contributed by atoms with Crippen LogP contribution >= 0.6 is 23.2 Å². The predicted molar refractivity (Wildman–Crippen MR) is 200 cm³/mol. The van der Waals surface area contributed by atoms with Gasteiger partial charge in [0, 0.05) is 41.6 Å². The van der Waals surface area contributed by atoms with E-state index < -0.39 is 27.4 Å². The van der Waals surface area contributed by atoms with Crippen molar-refractivity contribution in [1.82, 2.24) is 5.32 Å². The van der Waals surface area contributed by atoms with Gasteiger partial charge in [-0.1, -0.05) is 102 Å². The van der Waals surface area contributed by atoms with Crippen LogP contribution in [-0.2, 0) is 25.9 Å². The first-order valence-electron chi connectivity index (χ1n) is 16.4. The number of halogens is 2. The molecular formula is C40H36Cl2N2O6S. The Kier molecular flexibility index (Phi) is 11.4. The fourth-order valence-corrected chi connectivity index (χ4v) is 7.74. The Labute approximate surface area is 307 Å². The molecule has 5 aromatic rings. The Balaban J connectivity index is 1.41. The standard InChI is InChI=1S/C40H36Cl2N2O6S/c41-33-19-16-32(36(42)26-33)27-43-39(46)40(22-25-51(47,48)35-10-5-2-6-11-35)37(30-14-12-29(13-15-30)28-8-3-1-4-9-28)50-38(44-40)31-17-20-34(21-18-31)49-24-7-23-45/h1-6,8-21,26,37,45H,7,22-25,27H2,(H,43,46)/t37-,40-/m1/s1. The summed E-state index contributed by atoms with van der Waals surface area (Å²) in [6, 6.07) is 37.7. The highest BCUT2D eigenvalue weighted by Gasteiger charge is 2.53. The Hall–Kier alpha value is -4.67. The van der Waals surface area contributed by atoms with E-state index in [2.05, 4.69) is 5.32 Å². The summed E-state index contributed by atoms with van der Waals surface area (Å²) in [5.74, 6) is -0.113. The zero-order chi connectivity index (χ0) is 35.8. The van der Waals surface area contributed by atoms with E-state index in [4.69, 9.17) is 42.8 Å². The first-order valence-corrected chi connectivity index (χ1v) is 18.9. The van der Waals surface area contributed by atoms with Crippen molar-refractivity contribution in [2.24, 2.45) is 4.99 Å². The van der Waals surface area contributed by atoms with Gasteiger partial charge in [0.15, 0.2) is 21.5 Å². The smallest absolute Gasteiger partial charge is 0.252 e. The van der Waals surface area contributed by atoms with Crippen LogP contribution in [0.2, 0.25) is 10.0 Å². The molecule has 2 N–H and O–H groups in total. The van der Waals surface area contributed by atoms with Gasteiger partial charge in [0.1, 0.15) is 5.75 Å².